The number of aryl methyl sites for hydroxylation is 1. The first-order chi connectivity index (χ1) is 18.7. The van der Waals surface area contributed by atoms with E-state index in [1.807, 2.05) is 47.2 Å². The Bertz CT molecular complexity index is 1500. The second-order valence-electron chi connectivity index (χ2n) is 9.20. The van der Waals surface area contributed by atoms with Crippen molar-refractivity contribution in [1.29, 1.82) is 0 Å². The number of fused-ring (bicyclic) bond motifs is 1. The number of aromatic nitrogens is 5. The highest BCUT2D eigenvalue weighted by Gasteiger charge is 2.18. The van der Waals surface area contributed by atoms with Gasteiger partial charge in [0.1, 0.15) is 5.75 Å². The SMILES string of the molecule is C=CC(=O)Nc1cc(Nc2nccc(-n3nc(NC)c4cnc(C)cc43)n2)c(OC)cc1N(C)CCN(C)C. The maximum Gasteiger partial charge on any atom is 0.247 e. The lowest BCUT2D eigenvalue weighted by Crippen LogP contribution is -2.29. The zero-order valence-corrected chi connectivity index (χ0v) is 23.1. The van der Waals surface area contributed by atoms with E-state index in [0.717, 1.165) is 35.4 Å². The van der Waals surface area contributed by atoms with E-state index in [4.69, 9.17) is 9.72 Å². The number of pyridine rings is 1. The van der Waals surface area contributed by atoms with E-state index in [-0.39, 0.29) is 5.91 Å². The molecule has 0 spiro atoms. The van der Waals surface area contributed by atoms with Crippen molar-refractivity contribution in [3.63, 3.8) is 0 Å². The summed E-state index contributed by atoms with van der Waals surface area (Å²) in [5, 5.41) is 14.8. The highest BCUT2D eigenvalue weighted by atomic mass is 16.5. The predicted octanol–water partition coefficient (Wildman–Crippen LogP) is 3.44. The molecule has 0 bridgehead atoms. The summed E-state index contributed by atoms with van der Waals surface area (Å²) in [6.07, 6.45) is 4.68. The number of hydrogen-bond donors (Lipinski definition) is 3. The van der Waals surface area contributed by atoms with Crippen molar-refractivity contribution in [2.45, 2.75) is 6.92 Å². The number of rotatable bonds is 11. The molecule has 12 heteroatoms. The van der Waals surface area contributed by atoms with E-state index < -0.39 is 0 Å². The van der Waals surface area contributed by atoms with Gasteiger partial charge in [-0.05, 0) is 39.2 Å². The summed E-state index contributed by atoms with van der Waals surface area (Å²) >= 11 is 0. The molecule has 12 nitrogen and oxygen atoms in total. The highest BCUT2D eigenvalue weighted by Crippen LogP contribution is 2.38. The van der Waals surface area contributed by atoms with E-state index in [9.17, 15) is 4.79 Å². The Morgan fingerprint density at radius 1 is 1.15 bits per heavy atom. The molecule has 0 aliphatic carbocycles. The lowest BCUT2D eigenvalue weighted by molar-refractivity contribution is -0.111. The molecule has 3 aromatic heterocycles. The quantitative estimate of drug-likeness (QED) is 0.248. The van der Waals surface area contributed by atoms with Crippen LogP contribution in [0.1, 0.15) is 5.69 Å². The summed E-state index contributed by atoms with van der Waals surface area (Å²) in [5.74, 6) is 1.85. The zero-order chi connectivity index (χ0) is 28.1. The largest absolute Gasteiger partial charge is 0.494 e. The molecule has 1 amide bonds. The van der Waals surface area contributed by atoms with Gasteiger partial charge in [-0.25, -0.2) is 9.67 Å². The number of methoxy groups -OCH3 is 1. The normalized spacial score (nSPS) is 10.9. The average Bonchev–Trinajstić information content (AvgIpc) is 3.29. The first-order valence-electron chi connectivity index (χ1n) is 12.4. The first-order valence-corrected chi connectivity index (χ1v) is 12.4. The molecule has 1 aromatic carbocycles. The van der Waals surface area contributed by atoms with Crippen LogP contribution in [0.4, 0.5) is 28.8 Å². The fourth-order valence-corrected chi connectivity index (χ4v) is 4.02. The van der Waals surface area contributed by atoms with Crippen molar-refractivity contribution in [2.75, 3.05) is 69.2 Å². The van der Waals surface area contributed by atoms with Crippen LogP contribution in [-0.4, -0.2) is 83.9 Å². The van der Waals surface area contributed by atoms with Crippen molar-refractivity contribution in [2.24, 2.45) is 0 Å². The number of hydrogen-bond acceptors (Lipinski definition) is 10. The Hall–Kier alpha value is -4.71. The first kappa shape index (κ1) is 27.3. The minimum Gasteiger partial charge on any atom is -0.494 e. The van der Waals surface area contributed by atoms with Crippen molar-refractivity contribution in [3.8, 4) is 11.6 Å². The van der Waals surface area contributed by atoms with Crippen LogP contribution in [0.5, 0.6) is 5.75 Å². The molecular formula is C27H34N10O2. The molecule has 0 saturated heterocycles. The summed E-state index contributed by atoms with van der Waals surface area (Å²) in [7, 11) is 9.40. The number of carbonyl (C=O) groups is 1. The second kappa shape index (κ2) is 11.8. The van der Waals surface area contributed by atoms with Gasteiger partial charge in [0, 0.05) is 57.4 Å². The summed E-state index contributed by atoms with van der Waals surface area (Å²) in [4.78, 5) is 29.9. The number of benzene rings is 1. The van der Waals surface area contributed by atoms with Crippen LogP contribution in [0.3, 0.4) is 0 Å². The minimum absolute atomic E-state index is 0.317. The minimum atomic E-state index is -0.317. The lowest BCUT2D eigenvalue weighted by atomic mass is 10.2. The predicted molar refractivity (Wildman–Crippen MR) is 156 cm³/mol. The average molecular weight is 531 g/mol. The highest BCUT2D eigenvalue weighted by molar-refractivity contribution is 6.02. The van der Waals surface area contributed by atoms with Gasteiger partial charge < -0.3 is 30.5 Å². The molecule has 0 radical (unpaired) electrons. The monoisotopic (exact) mass is 530 g/mol. The summed E-state index contributed by atoms with van der Waals surface area (Å²) in [5.41, 5.74) is 3.72. The van der Waals surface area contributed by atoms with E-state index in [1.165, 1.54) is 6.08 Å². The smallest absolute Gasteiger partial charge is 0.247 e. The number of ether oxygens (including phenoxy) is 1. The van der Waals surface area contributed by atoms with Crippen LogP contribution in [0.15, 0.2) is 49.3 Å². The molecular weight excluding hydrogens is 496 g/mol. The third kappa shape index (κ3) is 6.07. The molecule has 0 unspecified atom stereocenters. The van der Waals surface area contributed by atoms with Crippen LogP contribution in [0, 0.1) is 6.92 Å². The molecule has 4 aromatic rings. The molecule has 3 heterocycles. The second-order valence-corrected chi connectivity index (χ2v) is 9.20. The molecule has 0 aliphatic rings. The molecule has 0 fully saturated rings. The van der Waals surface area contributed by atoms with Crippen molar-refractivity contribution in [1.82, 2.24) is 29.6 Å². The summed E-state index contributed by atoms with van der Waals surface area (Å²) < 4.78 is 7.45. The van der Waals surface area contributed by atoms with Crippen LogP contribution in [0.25, 0.3) is 16.7 Å². The number of nitrogens with one attached hydrogen (secondary N) is 3. The van der Waals surface area contributed by atoms with Crippen molar-refractivity contribution in [3.05, 3.63) is 55.0 Å². The van der Waals surface area contributed by atoms with Gasteiger partial charge in [0.15, 0.2) is 11.6 Å². The van der Waals surface area contributed by atoms with E-state index >= 15 is 0 Å². The molecule has 4 rings (SSSR count). The maximum atomic E-state index is 12.3. The van der Waals surface area contributed by atoms with Crippen molar-refractivity contribution < 1.29 is 9.53 Å². The number of nitrogens with zero attached hydrogens (tertiary/aromatic N) is 7. The van der Waals surface area contributed by atoms with Gasteiger partial charge in [-0.2, -0.15) is 4.98 Å². The third-order valence-electron chi connectivity index (χ3n) is 6.10. The maximum absolute atomic E-state index is 12.3. The Morgan fingerprint density at radius 3 is 2.64 bits per heavy atom. The van der Waals surface area contributed by atoms with Gasteiger partial charge in [-0.1, -0.05) is 6.58 Å². The fraction of sp³-hybridized carbons (Fsp3) is 0.296. The molecule has 3 N–H and O–H groups in total. The Morgan fingerprint density at radius 2 is 1.95 bits per heavy atom. The molecule has 39 heavy (non-hydrogen) atoms. The van der Waals surface area contributed by atoms with Gasteiger partial charge in [-0.3, -0.25) is 9.78 Å². The molecule has 0 saturated carbocycles. The fourth-order valence-electron chi connectivity index (χ4n) is 4.02. The zero-order valence-electron chi connectivity index (χ0n) is 23.1. The number of carbonyl (C=O) groups excluding carboxylic acids is 1. The molecule has 0 atom stereocenters. The molecule has 0 aliphatic heterocycles. The number of likely N-dealkylation sites (N-methyl/N-ethyl adjacent to an activating group) is 2. The van der Waals surface area contributed by atoms with Crippen LogP contribution in [-0.2, 0) is 4.79 Å². The van der Waals surface area contributed by atoms with E-state index in [1.54, 1.807) is 36.3 Å². The van der Waals surface area contributed by atoms with Gasteiger partial charge >= 0.3 is 0 Å². The summed E-state index contributed by atoms with van der Waals surface area (Å²) in [6.45, 7) is 7.09. The van der Waals surface area contributed by atoms with Crippen molar-refractivity contribution >= 4 is 45.6 Å². The van der Waals surface area contributed by atoms with Gasteiger partial charge in [-0.15, -0.1) is 5.10 Å². The topological polar surface area (TPSA) is 125 Å². The Labute approximate surface area is 227 Å². The lowest BCUT2D eigenvalue weighted by Gasteiger charge is -2.26. The Kier molecular flexibility index (Phi) is 8.25. The van der Waals surface area contributed by atoms with E-state index in [2.05, 4.69) is 47.4 Å². The van der Waals surface area contributed by atoms with Crippen LogP contribution in [0.2, 0.25) is 0 Å². The number of anilines is 5. The standard InChI is InChI=1S/C27H34N10O2/c1-8-25(38)31-19-14-20(23(39-7)15-22(19)36(6)12-11-35(4)5)32-27-29-10-9-24(33-27)37-21-13-17(2)30-16-18(21)26(28-3)34-37/h8-10,13-16H,1,11-12H2,2-7H3,(H,28,34)(H,31,38)(H,29,32,33). The third-order valence-corrected chi connectivity index (χ3v) is 6.10. The Balaban J connectivity index is 1.73. The molecule has 204 valence electrons. The van der Waals surface area contributed by atoms with Gasteiger partial charge in [0.2, 0.25) is 11.9 Å². The van der Waals surface area contributed by atoms with Crippen LogP contribution < -0.4 is 25.6 Å². The summed E-state index contributed by atoms with van der Waals surface area (Å²) in [6, 6.07) is 7.41. The van der Waals surface area contributed by atoms with Gasteiger partial charge in [0.05, 0.1) is 35.1 Å². The van der Waals surface area contributed by atoms with Gasteiger partial charge in [0.25, 0.3) is 0 Å². The van der Waals surface area contributed by atoms with Crippen LogP contribution >= 0.6 is 0 Å². The number of amides is 1. The van der Waals surface area contributed by atoms with E-state index in [0.29, 0.717) is 34.7 Å².